The van der Waals surface area contributed by atoms with E-state index in [1.54, 1.807) is 0 Å². The molecule has 12 N–H and O–H groups in total. The van der Waals surface area contributed by atoms with Gasteiger partial charge < -0.3 is 32.9 Å². The fraction of sp³-hybridized carbons (Fsp3) is 0. The molecule has 0 heterocycles. The Morgan fingerprint density at radius 3 is 0.545 bits per heavy atom. The Morgan fingerprint density at radius 1 is 0.545 bits per heavy atom. The van der Waals surface area contributed by atoms with Crippen LogP contribution in [0.3, 0.4) is 0 Å². The van der Waals surface area contributed by atoms with E-state index in [1.165, 1.54) is 0 Å². The van der Waals surface area contributed by atoms with Crippen LogP contribution in [-0.2, 0) is 19.5 Å². The van der Waals surface area contributed by atoms with E-state index in [0.717, 1.165) is 0 Å². The molecular formula is H12AlCl3O6Zn. The summed E-state index contributed by atoms with van der Waals surface area (Å²) >= 11 is -1.72. The Hall–Kier alpha value is 1.79. The van der Waals surface area contributed by atoms with Crippen LogP contribution < -0.4 is 0 Å². The van der Waals surface area contributed by atoms with Crippen molar-refractivity contribution in [3.8, 4) is 0 Å². The maximum atomic E-state index is 4.94. The molecule has 0 saturated carbocycles. The van der Waals surface area contributed by atoms with Crippen LogP contribution in [0, 0.1) is 0 Å². The summed E-state index contributed by atoms with van der Waals surface area (Å²) in [6.07, 6.45) is 0. The molecule has 0 bridgehead atoms. The van der Waals surface area contributed by atoms with E-state index in [2.05, 4.69) is 0 Å². The van der Waals surface area contributed by atoms with E-state index >= 15 is 0 Å². The number of hydrogen-bond donors (Lipinski definition) is 0. The first-order valence-electron chi connectivity index (χ1n) is 0.655. The van der Waals surface area contributed by atoms with Crippen molar-refractivity contribution in [3.63, 3.8) is 0 Å². The molecule has 0 aliphatic carbocycles. The second-order valence-corrected chi connectivity index (χ2v) is 6.68. The van der Waals surface area contributed by atoms with Crippen molar-refractivity contribution in [2.75, 3.05) is 0 Å². The molecule has 0 aromatic carbocycles. The first-order chi connectivity index (χ1) is 1.73. The fourth-order valence-electron chi connectivity index (χ4n) is 0. The largest absolute Gasteiger partial charge is 0.643 e. The summed E-state index contributed by atoms with van der Waals surface area (Å²) in [5.41, 5.74) is 0. The van der Waals surface area contributed by atoms with Crippen molar-refractivity contribution in [1.29, 1.82) is 0 Å². The van der Waals surface area contributed by atoms with Crippen LogP contribution in [0.1, 0.15) is 0 Å². The van der Waals surface area contributed by atoms with Gasteiger partial charge in [-0.15, -0.1) is 0 Å². The van der Waals surface area contributed by atoms with Crippen LogP contribution in [0.4, 0.5) is 0 Å². The Kier molecular flexibility index (Phi) is 422. The fourth-order valence-corrected chi connectivity index (χ4v) is 0. The zero-order valence-corrected chi connectivity index (χ0v) is 11.8. The monoisotopic (exact) mass is 304 g/mol. The molecule has 0 aromatic rings. The standard InChI is InChI=1S/Al.3ClH.6H2O.Zn/h;3*1H;6*1H2;/q+3;;;;;;;;;;/p-3. The van der Waals surface area contributed by atoms with Gasteiger partial charge >= 0.3 is 11.4 Å². The van der Waals surface area contributed by atoms with Gasteiger partial charge in [-0.25, -0.2) is 30.1 Å². The third-order valence-corrected chi connectivity index (χ3v) is 0. The van der Waals surface area contributed by atoms with Crippen molar-refractivity contribution in [1.82, 2.24) is 0 Å². The quantitative estimate of drug-likeness (QED) is 0.406. The van der Waals surface area contributed by atoms with E-state index in [9.17, 15) is 0 Å². The molecule has 6 nitrogen and oxygen atoms in total. The minimum absolute atomic E-state index is 0. The number of rotatable bonds is 0. The molecule has 0 fully saturated rings. The van der Waals surface area contributed by atoms with Crippen molar-refractivity contribution < 1.29 is 52.3 Å². The third-order valence-electron chi connectivity index (χ3n) is 0. The number of hydrogen-bond acceptors (Lipinski definition) is 0. The summed E-state index contributed by atoms with van der Waals surface area (Å²) in [5, 5.41) is 0. The first-order valence-corrected chi connectivity index (χ1v) is 5.89. The number of halogens is 3. The predicted octanol–water partition coefficient (Wildman–Crippen LogP) is -3.26. The van der Waals surface area contributed by atoms with Gasteiger partial charge in [-0.2, -0.15) is 0 Å². The third kappa shape index (κ3) is 354. The van der Waals surface area contributed by atoms with Crippen molar-refractivity contribution >= 4 is 41.5 Å². The summed E-state index contributed by atoms with van der Waals surface area (Å²) < 4.78 is 0. The van der Waals surface area contributed by atoms with Gasteiger partial charge in [0.15, 0.2) is 0 Å². The van der Waals surface area contributed by atoms with Crippen molar-refractivity contribution in [2.45, 2.75) is 0 Å². The molecule has 0 rings (SSSR count). The topological polar surface area (TPSA) is 189 Å². The van der Waals surface area contributed by atoms with Crippen LogP contribution >= 0.6 is 30.1 Å². The second-order valence-electron chi connectivity index (χ2n) is 0.247. The SMILES string of the molecule is O.O.O.O.O.O.[Cl][Al]([Cl])[Cl].[Zn]. The van der Waals surface area contributed by atoms with Crippen LogP contribution in [0.15, 0.2) is 0 Å². The predicted molar refractivity (Wildman–Crippen MR) is 45.0 cm³/mol. The Bertz CT molecular complexity index is 22.5. The molecule has 0 amide bonds. The molecule has 0 saturated heterocycles. The minimum atomic E-state index is -1.72. The second kappa shape index (κ2) is 59.9. The molecule has 74 valence electrons. The van der Waals surface area contributed by atoms with Gasteiger partial charge in [0.1, 0.15) is 0 Å². The van der Waals surface area contributed by atoms with E-state index in [0.29, 0.717) is 0 Å². The summed E-state index contributed by atoms with van der Waals surface area (Å²) in [5.74, 6) is 0. The van der Waals surface area contributed by atoms with Crippen LogP contribution in [0.5, 0.6) is 0 Å². The zero-order chi connectivity index (χ0) is 3.58. The molecule has 0 unspecified atom stereocenters. The molecule has 11 heavy (non-hydrogen) atoms. The normalized spacial score (nSPS) is 2.45. The van der Waals surface area contributed by atoms with E-state index in [4.69, 9.17) is 30.1 Å². The maximum Gasteiger partial charge on any atom is 0.643 e. The van der Waals surface area contributed by atoms with Gasteiger partial charge in [0.05, 0.1) is 0 Å². The van der Waals surface area contributed by atoms with Crippen LogP contribution in [-0.4, -0.2) is 44.2 Å². The minimum Gasteiger partial charge on any atom is -0.412 e. The van der Waals surface area contributed by atoms with Gasteiger partial charge in [0, 0.05) is 19.5 Å². The summed E-state index contributed by atoms with van der Waals surface area (Å²) in [6, 6.07) is 0. The van der Waals surface area contributed by atoms with Crippen LogP contribution in [0.2, 0.25) is 0 Å². The molecule has 11 heteroatoms. The smallest absolute Gasteiger partial charge is 0.412 e. The molecule has 0 radical (unpaired) electrons. The van der Waals surface area contributed by atoms with Crippen LogP contribution in [0.25, 0.3) is 0 Å². The van der Waals surface area contributed by atoms with Gasteiger partial charge in [-0.1, -0.05) is 0 Å². The molecule has 0 spiro atoms. The Balaban J connectivity index is -0.00000000214. The van der Waals surface area contributed by atoms with E-state index < -0.39 is 11.4 Å². The molecule has 0 atom stereocenters. The molecule has 0 aliphatic heterocycles. The first kappa shape index (κ1) is 77.5. The maximum absolute atomic E-state index is 4.94. The average molecular weight is 307 g/mol. The van der Waals surface area contributed by atoms with Gasteiger partial charge in [-0.05, 0) is 0 Å². The molecule has 0 aromatic heterocycles. The van der Waals surface area contributed by atoms with Gasteiger partial charge in [0.2, 0.25) is 0 Å². The summed E-state index contributed by atoms with van der Waals surface area (Å²) in [7, 11) is 14.8. The average Bonchev–Trinajstić information content (AvgIpc) is 0.811. The Labute approximate surface area is 93.4 Å². The van der Waals surface area contributed by atoms with Crippen molar-refractivity contribution in [3.05, 3.63) is 0 Å². The van der Waals surface area contributed by atoms with E-state index in [-0.39, 0.29) is 52.3 Å². The Morgan fingerprint density at radius 2 is 0.545 bits per heavy atom. The van der Waals surface area contributed by atoms with Gasteiger partial charge in [0.25, 0.3) is 0 Å². The van der Waals surface area contributed by atoms with Gasteiger partial charge in [-0.3, -0.25) is 0 Å². The van der Waals surface area contributed by atoms with E-state index in [1.807, 2.05) is 0 Å². The molecular weight excluding hydrogens is 295 g/mol. The summed E-state index contributed by atoms with van der Waals surface area (Å²) in [4.78, 5) is 0. The summed E-state index contributed by atoms with van der Waals surface area (Å²) in [6.45, 7) is 0. The molecule has 0 aliphatic rings. The zero-order valence-electron chi connectivity index (χ0n) is 5.42. The van der Waals surface area contributed by atoms with Crippen molar-refractivity contribution in [2.24, 2.45) is 0 Å².